The van der Waals surface area contributed by atoms with Crippen LogP contribution in [0.25, 0.3) is 0 Å². The number of fused-ring (bicyclic) bond motifs is 1. The molecule has 172 valence electrons. The molecule has 1 amide bonds. The summed E-state index contributed by atoms with van der Waals surface area (Å²) in [5.74, 6) is -0.0708. The SMILES string of the molecule is CCN(CC)S(=O)(=O)c1cc(C(=O)NCCOC(=O)c2ccc3c(c2)OCO3)ccc1Cl. The molecule has 11 heteroatoms. The largest absolute Gasteiger partial charge is 0.460 e. The van der Waals surface area contributed by atoms with Gasteiger partial charge in [-0.05, 0) is 36.4 Å². The number of nitrogens with one attached hydrogen (secondary N) is 1. The molecule has 2 aromatic rings. The number of carbonyl (C=O) groups is 2. The van der Waals surface area contributed by atoms with Gasteiger partial charge in [0.15, 0.2) is 11.5 Å². The van der Waals surface area contributed by atoms with E-state index in [2.05, 4.69) is 5.32 Å². The molecular formula is C21H23ClN2O7S. The summed E-state index contributed by atoms with van der Waals surface area (Å²) in [6.45, 7) is 4.06. The van der Waals surface area contributed by atoms with Crippen molar-refractivity contribution in [2.24, 2.45) is 0 Å². The highest BCUT2D eigenvalue weighted by molar-refractivity contribution is 7.89. The Morgan fingerprint density at radius 2 is 1.75 bits per heavy atom. The van der Waals surface area contributed by atoms with E-state index in [-0.39, 0.29) is 48.5 Å². The van der Waals surface area contributed by atoms with Gasteiger partial charge < -0.3 is 19.5 Å². The molecule has 1 N–H and O–H groups in total. The van der Waals surface area contributed by atoms with Gasteiger partial charge in [-0.3, -0.25) is 4.79 Å². The Labute approximate surface area is 191 Å². The molecule has 1 heterocycles. The third-order valence-corrected chi connectivity index (χ3v) is 7.28. The Kier molecular flexibility index (Phi) is 7.60. The summed E-state index contributed by atoms with van der Waals surface area (Å²) >= 11 is 6.09. The maximum atomic E-state index is 12.8. The van der Waals surface area contributed by atoms with E-state index in [4.69, 9.17) is 25.8 Å². The molecule has 3 rings (SSSR count). The van der Waals surface area contributed by atoms with Gasteiger partial charge in [0.2, 0.25) is 16.8 Å². The predicted molar refractivity (Wildman–Crippen MR) is 117 cm³/mol. The van der Waals surface area contributed by atoms with Crippen LogP contribution in [0.15, 0.2) is 41.3 Å². The summed E-state index contributed by atoms with van der Waals surface area (Å²) in [5, 5.41) is 2.62. The lowest BCUT2D eigenvalue weighted by molar-refractivity contribution is 0.0502. The number of rotatable bonds is 9. The van der Waals surface area contributed by atoms with E-state index < -0.39 is 21.9 Å². The van der Waals surface area contributed by atoms with Gasteiger partial charge in [-0.25, -0.2) is 13.2 Å². The standard InChI is InChI=1S/C21H23ClN2O7S/c1-3-24(4-2)32(27,28)19-12-14(5-7-16(19)22)20(25)23-9-10-29-21(26)15-6-8-17-18(11-15)31-13-30-17/h5-8,11-12H,3-4,9-10,13H2,1-2H3,(H,23,25). The Morgan fingerprint density at radius 3 is 2.47 bits per heavy atom. The highest BCUT2D eigenvalue weighted by Gasteiger charge is 2.25. The number of benzene rings is 2. The second kappa shape index (κ2) is 10.2. The summed E-state index contributed by atoms with van der Waals surface area (Å²) in [4.78, 5) is 24.5. The van der Waals surface area contributed by atoms with E-state index in [1.165, 1.54) is 28.6 Å². The van der Waals surface area contributed by atoms with Crippen molar-refractivity contribution < 1.29 is 32.2 Å². The summed E-state index contributed by atoms with van der Waals surface area (Å²) in [6, 6.07) is 8.73. The number of carbonyl (C=O) groups excluding carboxylic acids is 2. The number of esters is 1. The fraction of sp³-hybridized carbons (Fsp3) is 0.333. The maximum absolute atomic E-state index is 12.8. The van der Waals surface area contributed by atoms with Crippen molar-refractivity contribution in [1.29, 1.82) is 0 Å². The average molecular weight is 483 g/mol. The average Bonchev–Trinajstić information content (AvgIpc) is 3.25. The summed E-state index contributed by atoms with van der Waals surface area (Å²) in [6.07, 6.45) is 0. The van der Waals surface area contributed by atoms with Crippen molar-refractivity contribution >= 4 is 33.5 Å². The van der Waals surface area contributed by atoms with Crippen LogP contribution >= 0.6 is 11.6 Å². The molecule has 9 nitrogen and oxygen atoms in total. The molecule has 0 aromatic heterocycles. The lowest BCUT2D eigenvalue weighted by atomic mass is 10.2. The predicted octanol–water partition coefficient (Wildman–Crippen LogP) is 2.69. The molecular weight excluding hydrogens is 460 g/mol. The molecule has 32 heavy (non-hydrogen) atoms. The van der Waals surface area contributed by atoms with Crippen molar-refractivity contribution in [2.75, 3.05) is 33.0 Å². The zero-order valence-corrected chi connectivity index (χ0v) is 19.2. The highest BCUT2D eigenvalue weighted by Crippen LogP contribution is 2.32. The first-order chi connectivity index (χ1) is 15.3. The third-order valence-electron chi connectivity index (χ3n) is 4.75. The van der Waals surface area contributed by atoms with Gasteiger partial charge in [-0.15, -0.1) is 0 Å². The summed E-state index contributed by atoms with van der Waals surface area (Å²) < 4.78 is 42.4. The van der Waals surface area contributed by atoms with Crippen molar-refractivity contribution in [3.63, 3.8) is 0 Å². The molecule has 0 fully saturated rings. The second-order valence-corrected chi connectivity index (χ2v) is 9.01. The molecule has 2 aromatic carbocycles. The first-order valence-corrected chi connectivity index (χ1v) is 11.7. The number of hydrogen-bond acceptors (Lipinski definition) is 7. The monoisotopic (exact) mass is 482 g/mol. The fourth-order valence-electron chi connectivity index (χ4n) is 3.06. The molecule has 0 atom stereocenters. The van der Waals surface area contributed by atoms with Crippen LogP contribution in [0.2, 0.25) is 5.02 Å². The van der Waals surface area contributed by atoms with Crippen molar-refractivity contribution in [1.82, 2.24) is 9.62 Å². The van der Waals surface area contributed by atoms with Crippen molar-refractivity contribution in [3.05, 3.63) is 52.5 Å². The van der Waals surface area contributed by atoms with Crippen LogP contribution < -0.4 is 14.8 Å². The molecule has 1 aliphatic heterocycles. The second-order valence-electron chi connectivity index (χ2n) is 6.69. The molecule has 0 unspecified atom stereocenters. The van der Waals surface area contributed by atoms with Gasteiger partial charge in [0.25, 0.3) is 5.91 Å². The topological polar surface area (TPSA) is 111 Å². The molecule has 1 aliphatic rings. The van der Waals surface area contributed by atoms with E-state index in [1.54, 1.807) is 26.0 Å². The van der Waals surface area contributed by atoms with Gasteiger partial charge in [0, 0.05) is 18.7 Å². The van der Waals surface area contributed by atoms with E-state index in [0.717, 1.165) is 0 Å². The number of nitrogens with zero attached hydrogens (tertiary/aromatic N) is 1. The Hall–Kier alpha value is -2.82. The van der Waals surface area contributed by atoms with E-state index in [1.807, 2.05) is 0 Å². The minimum atomic E-state index is -3.83. The van der Waals surface area contributed by atoms with Crippen LogP contribution in [0.4, 0.5) is 0 Å². The van der Waals surface area contributed by atoms with E-state index in [0.29, 0.717) is 17.1 Å². The molecule has 0 radical (unpaired) electrons. The van der Waals surface area contributed by atoms with Crippen LogP contribution in [-0.4, -0.2) is 57.6 Å². The van der Waals surface area contributed by atoms with Crippen molar-refractivity contribution in [2.45, 2.75) is 18.7 Å². The number of sulfonamides is 1. The number of hydrogen-bond donors (Lipinski definition) is 1. The highest BCUT2D eigenvalue weighted by atomic mass is 35.5. The summed E-state index contributed by atoms with van der Waals surface area (Å²) in [7, 11) is -3.83. The fourth-order valence-corrected chi connectivity index (χ4v) is 5.02. The molecule has 0 aliphatic carbocycles. The van der Waals surface area contributed by atoms with Crippen LogP contribution in [-0.2, 0) is 14.8 Å². The number of ether oxygens (including phenoxy) is 3. The minimum absolute atomic E-state index is 0.0334. The first-order valence-electron chi connectivity index (χ1n) is 9.92. The van der Waals surface area contributed by atoms with Crippen LogP contribution in [0, 0.1) is 0 Å². The van der Waals surface area contributed by atoms with Gasteiger partial charge in [0.05, 0.1) is 17.1 Å². The lowest BCUT2D eigenvalue weighted by Gasteiger charge is -2.19. The zero-order valence-electron chi connectivity index (χ0n) is 17.6. The third kappa shape index (κ3) is 5.14. The summed E-state index contributed by atoms with van der Waals surface area (Å²) in [5.41, 5.74) is 0.423. The smallest absolute Gasteiger partial charge is 0.338 e. The molecule has 0 saturated carbocycles. The van der Waals surface area contributed by atoms with E-state index >= 15 is 0 Å². The van der Waals surface area contributed by atoms with Crippen LogP contribution in [0.3, 0.4) is 0 Å². The lowest BCUT2D eigenvalue weighted by Crippen LogP contribution is -2.31. The Balaban J connectivity index is 1.58. The molecule has 0 spiro atoms. The minimum Gasteiger partial charge on any atom is -0.460 e. The zero-order chi connectivity index (χ0) is 23.3. The molecule has 0 bridgehead atoms. The van der Waals surface area contributed by atoms with Gasteiger partial charge >= 0.3 is 5.97 Å². The molecule has 0 saturated heterocycles. The number of halogens is 1. The Morgan fingerprint density at radius 1 is 1.06 bits per heavy atom. The van der Waals surface area contributed by atoms with E-state index in [9.17, 15) is 18.0 Å². The van der Waals surface area contributed by atoms with Crippen molar-refractivity contribution in [3.8, 4) is 11.5 Å². The first kappa shape index (κ1) is 23.8. The number of amides is 1. The quantitative estimate of drug-likeness (QED) is 0.432. The van der Waals surface area contributed by atoms with Crippen LogP contribution in [0.5, 0.6) is 11.5 Å². The van der Waals surface area contributed by atoms with Crippen LogP contribution in [0.1, 0.15) is 34.6 Å². The Bertz CT molecular complexity index is 1120. The van der Waals surface area contributed by atoms with Gasteiger partial charge in [-0.1, -0.05) is 25.4 Å². The maximum Gasteiger partial charge on any atom is 0.338 e. The van der Waals surface area contributed by atoms with Gasteiger partial charge in [0.1, 0.15) is 11.5 Å². The normalized spacial score (nSPS) is 12.6. The van der Waals surface area contributed by atoms with Gasteiger partial charge in [-0.2, -0.15) is 4.31 Å².